The van der Waals surface area contributed by atoms with E-state index in [-0.39, 0.29) is 11.9 Å². The van der Waals surface area contributed by atoms with Gasteiger partial charge in [-0.3, -0.25) is 9.59 Å². The van der Waals surface area contributed by atoms with Crippen molar-refractivity contribution < 1.29 is 14.7 Å². The fraction of sp³-hybridized carbons (Fsp3) is 0.875. The quantitative estimate of drug-likeness (QED) is 0.835. The molecular formula is C16H27NO3. The van der Waals surface area contributed by atoms with Crippen LogP contribution in [0.3, 0.4) is 0 Å². The van der Waals surface area contributed by atoms with Gasteiger partial charge in [-0.2, -0.15) is 0 Å². The molecule has 2 rings (SSSR count). The molecule has 0 unspecified atom stereocenters. The molecule has 114 valence electrons. The maximum atomic E-state index is 12.7. The number of rotatable bonds is 3. The normalized spacial score (nSPS) is 33.9. The highest BCUT2D eigenvalue weighted by atomic mass is 16.4. The molecule has 0 saturated heterocycles. The Balaban J connectivity index is 2.09. The molecule has 4 heteroatoms. The van der Waals surface area contributed by atoms with Crippen LogP contribution in [0.25, 0.3) is 0 Å². The number of carboxylic acid groups (broad SMARTS) is 1. The summed E-state index contributed by atoms with van der Waals surface area (Å²) in [4.78, 5) is 24.1. The van der Waals surface area contributed by atoms with Crippen molar-refractivity contribution in [2.24, 2.45) is 16.7 Å². The number of aliphatic carboxylic acids is 1. The van der Waals surface area contributed by atoms with Crippen molar-refractivity contribution in [3.05, 3.63) is 0 Å². The predicted octanol–water partition coefficient (Wildman–Crippen LogP) is 2.96. The second-order valence-corrected chi connectivity index (χ2v) is 7.29. The van der Waals surface area contributed by atoms with Crippen molar-refractivity contribution in [2.45, 2.75) is 71.8 Å². The van der Waals surface area contributed by atoms with Gasteiger partial charge in [0.25, 0.3) is 0 Å². The van der Waals surface area contributed by atoms with Gasteiger partial charge in [0.1, 0.15) is 0 Å². The van der Waals surface area contributed by atoms with E-state index in [0.717, 1.165) is 12.8 Å². The molecule has 0 aromatic carbocycles. The van der Waals surface area contributed by atoms with Gasteiger partial charge in [0.2, 0.25) is 5.91 Å². The molecule has 0 spiro atoms. The highest BCUT2D eigenvalue weighted by molar-refractivity contribution is 5.85. The van der Waals surface area contributed by atoms with Crippen LogP contribution in [0.1, 0.15) is 65.7 Å². The number of hydrogen-bond acceptors (Lipinski definition) is 2. The van der Waals surface area contributed by atoms with Crippen molar-refractivity contribution in [3.63, 3.8) is 0 Å². The highest BCUT2D eigenvalue weighted by Crippen LogP contribution is 2.56. The van der Waals surface area contributed by atoms with Crippen LogP contribution in [-0.4, -0.2) is 23.0 Å². The van der Waals surface area contributed by atoms with Crippen LogP contribution < -0.4 is 5.32 Å². The molecule has 0 aromatic rings. The largest absolute Gasteiger partial charge is 0.481 e. The van der Waals surface area contributed by atoms with Crippen molar-refractivity contribution in [2.75, 3.05) is 0 Å². The average Bonchev–Trinajstić information content (AvgIpc) is 2.63. The summed E-state index contributed by atoms with van der Waals surface area (Å²) in [5, 5.41) is 12.5. The SMILES string of the molecule is CC1(C)[C@H](C(=O)O)CC[C@@]1(C)C(=O)NC1CCCCC1. The molecule has 0 radical (unpaired) electrons. The van der Waals surface area contributed by atoms with Crippen LogP contribution in [0.4, 0.5) is 0 Å². The van der Waals surface area contributed by atoms with Gasteiger partial charge < -0.3 is 10.4 Å². The maximum Gasteiger partial charge on any atom is 0.307 e. The summed E-state index contributed by atoms with van der Waals surface area (Å²) in [6.07, 6.45) is 7.00. The van der Waals surface area contributed by atoms with E-state index in [9.17, 15) is 14.7 Å². The Bertz CT molecular complexity index is 399. The zero-order valence-corrected chi connectivity index (χ0v) is 12.9. The third-order valence-electron chi connectivity index (χ3n) is 5.97. The summed E-state index contributed by atoms with van der Waals surface area (Å²) >= 11 is 0. The Morgan fingerprint density at radius 2 is 1.65 bits per heavy atom. The molecular weight excluding hydrogens is 254 g/mol. The fourth-order valence-electron chi connectivity index (χ4n) is 3.93. The fourth-order valence-corrected chi connectivity index (χ4v) is 3.93. The van der Waals surface area contributed by atoms with Crippen molar-refractivity contribution >= 4 is 11.9 Å². The smallest absolute Gasteiger partial charge is 0.307 e. The molecule has 2 aliphatic rings. The number of carboxylic acids is 1. The van der Waals surface area contributed by atoms with Gasteiger partial charge in [-0.1, -0.05) is 40.0 Å². The highest BCUT2D eigenvalue weighted by Gasteiger charge is 2.58. The van der Waals surface area contributed by atoms with E-state index in [2.05, 4.69) is 5.32 Å². The minimum absolute atomic E-state index is 0.0538. The molecule has 2 atom stereocenters. The molecule has 0 aromatic heterocycles. The lowest BCUT2D eigenvalue weighted by Gasteiger charge is -2.40. The monoisotopic (exact) mass is 281 g/mol. The van der Waals surface area contributed by atoms with Gasteiger partial charge in [-0.15, -0.1) is 0 Å². The first-order valence-electron chi connectivity index (χ1n) is 7.83. The third-order valence-corrected chi connectivity index (χ3v) is 5.97. The first kappa shape index (κ1) is 15.3. The summed E-state index contributed by atoms with van der Waals surface area (Å²) in [6.45, 7) is 5.80. The summed E-state index contributed by atoms with van der Waals surface area (Å²) in [5.41, 5.74) is -1.08. The summed E-state index contributed by atoms with van der Waals surface area (Å²) in [6, 6.07) is 0.285. The number of hydrogen-bond donors (Lipinski definition) is 2. The molecule has 1 amide bonds. The number of nitrogens with one attached hydrogen (secondary N) is 1. The molecule has 2 aliphatic carbocycles. The third kappa shape index (κ3) is 2.45. The molecule has 20 heavy (non-hydrogen) atoms. The van der Waals surface area contributed by atoms with Crippen LogP contribution in [0.2, 0.25) is 0 Å². The van der Waals surface area contributed by atoms with E-state index >= 15 is 0 Å². The Morgan fingerprint density at radius 1 is 1.05 bits per heavy atom. The Kier molecular flexibility index (Phi) is 4.12. The molecule has 0 aliphatic heterocycles. The minimum atomic E-state index is -0.774. The maximum absolute atomic E-state index is 12.7. The van der Waals surface area contributed by atoms with E-state index in [1.807, 2.05) is 20.8 Å². The minimum Gasteiger partial charge on any atom is -0.481 e. The van der Waals surface area contributed by atoms with Crippen LogP contribution in [0, 0.1) is 16.7 Å². The van der Waals surface area contributed by atoms with Gasteiger partial charge in [-0.25, -0.2) is 0 Å². The van der Waals surface area contributed by atoms with Gasteiger partial charge in [-0.05, 0) is 31.1 Å². The van der Waals surface area contributed by atoms with Crippen molar-refractivity contribution in [1.82, 2.24) is 5.32 Å². The molecule has 4 nitrogen and oxygen atoms in total. The molecule has 0 heterocycles. The standard InChI is InChI=1S/C16H27NO3/c1-15(2)12(13(18)19)9-10-16(15,3)14(20)17-11-7-5-4-6-8-11/h11-12H,4-10H2,1-3H3,(H,17,20)(H,18,19)/t12-,16-/m0/s1. The zero-order valence-electron chi connectivity index (χ0n) is 12.9. The molecule has 0 bridgehead atoms. The van der Waals surface area contributed by atoms with Gasteiger partial charge in [0, 0.05) is 6.04 Å². The zero-order chi connectivity index (χ0) is 15.0. The summed E-state index contributed by atoms with van der Waals surface area (Å²) < 4.78 is 0. The van der Waals surface area contributed by atoms with Crippen molar-refractivity contribution in [1.29, 1.82) is 0 Å². The van der Waals surface area contributed by atoms with E-state index in [4.69, 9.17) is 0 Å². The van der Waals surface area contributed by atoms with E-state index in [1.54, 1.807) is 0 Å². The van der Waals surface area contributed by atoms with Gasteiger partial charge in [0.05, 0.1) is 11.3 Å². The van der Waals surface area contributed by atoms with Crippen LogP contribution in [0.15, 0.2) is 0 Å². The lowest BCUT2D eigenvalue weighted by atomic mass is 9.65. The van der Waals surface area contributed by atoms with E-state index < -0.39 is 22.7 Å². The Hall–Kier alpha value is -1.06. The Labute approximate surface area is 121 Å². The van der Waals surface area contributed by atoms with Crippen LogP contribution in [-0.2, 0) is 9.59 Å². The van der Waals surface area contributed by atoms with E-state index in [0.29, 0.717) is 12.8 Å². The molecule has 2 N–H and O–H groups in total. The average molecular weight is 281 g/mol. The summed E-state index contributed by atoms with van der Waals surface area (Å²) in [5.74, 6) is -1.15. The van der Waals surface area contributed by atoms with Crippen LogP contribution in [0.5, 0.6) is 0 Å². The topological polar surface area (TPSA) is 66.4 Å². The van der Waals surface area contributed by atoms with Crippen LogP contribution >= 0.6 is 0 Å². The first-order chi connectivity index (χ1) is 9.29. The molecule has 2 saturated carbocycles. The Morgan fingerprint density at radius 3 is 2.15 bits per heavy atom. The summed E-state index contributed by atoms with van der Waals surface area (Å²) in [7, 11) is 0. The van der Waals surface area contributed by atoms with Gasteiger partial charge in [0.15, 0.2) is 0 Å². The van der Waals surface area contributed by atoms with Crippen molar-refractivity contribution in [3.8, 4) is 0 Å². The lowest BCUT2D eigenvalue weighted by Crippen LogP contribution is -2.51. The number of carbonyl (C=O) groups excluding carboxylic acids is 1. The lowest BCUT2D eigenvalue weighted by molar-refractivity contribution is -0.149. The van der Waals surface area contributed by atoms with Gasteiger partial charge >= 0.3 is 5.97 Å². The number of amides is 1. The second-order valence-electron chi connectivity index (χ2n) is 7.29. The molecule has 2 fully saturated rings. The first-order valence-corrected chi connectivity index (χ1v) is 7.83. The predicted molar refractivity (Wildman–Crippen MR) is 77.3 cm³/mol. The van der Waals surface area contributed by atoms with E-state index in [1.165, 1.54) is 19.3 Å². The second kappa shape index (κ2) is 5.38. The number of carbonyl (C=O) groups is 2.